The van der Waals surface area contributed by atoms with Crippen LogP contribution >= 0.6 is 15.9 Å². The van der Waals surface area contributed by atoms with E-state index >= 15 is 0 Å². The van der Waals surface area contributed by atoms with E-state index in [1.54, 1.807) is 0 Å². The van der Waals surface area contributed by atoms with E-state index in [4.69, 9.17) is 0 Å². The summed E-state index contributed by atoms with van der Waals surface area (Å²) < 4.78 is 37.5. The molecule has 0 amide bonds. The number of Topliss-reactive ketones (excluding diaryl/α,β-unsaturated/α-hetero) is 1. The SMILES string of the molecule is CC(=O)c1c(C(F)F)ccc(F)c1Br. The fraction of sp³-hybridized carbons (Fsp3) is 0.222. The van der Waals surface area contributed by atoms with Gasteiger partial charge in [0.05, 0.1) is 4.47 Å². The molecule has 0 aromatic heterocycles. The Kier molecular flexibility index (Phi) is 3.31. The Morgan fingerprint density at radius 3 is 2.43 bits per heavy atom. The summed E-state index contributed by atoms with van der Waals surface area (Å²) in [6.45, 7) is 1.12. The topological polar surface area (TPSA) is 17.1 Å². The van der Waals surface area contributed by atoms with Crippen molar-refractivity contribution in [1.29, 1.82) is 0 Å². The van der Waals surface area contributed by atoms with Crippen molar-refractivity contribution in [3.63, 3.8) is 0 Å². The molecule has 0 fully saturated rings. The van der Waals surface area contributed by atoms with E-state index in [1.807, 2.05) is 0 Å². The first-order chi connectivity index (χ1) is 6.45. The van der Waals surface area contributed by atoms with Gasteiger partial charge in [0, 0.05) is 11.1 Å². The molecule has 0 heterocycles. The summed E-state index contributed by atoms with van der Waals surface area (Å²) >= 11 is 2.77. The number of carbonyl (C=O) groups excluding carboxylic acids is 1. The van der Waals surface area contributed by atoms with Crippen molar-refractivity contribution in [2.75, 3.05) is 0 Å². The van der Waals surface area contributed by atoms with Gasteiger partial charge in [0.25, 0.3) is 6.43 Å². The largest absolute Gasteiger partial charge is 0.294 e. The quantitative estimate of drug-likeness (QED) is 0.746. The fourth-order valence-corrected chi connectivity index (χ4v) is 1.75. The average molecular weight is 267 g/mol. The van der Waals surface area contributed by atoms with Crippen molar-refractivity contribution in [1.82, 2.24) is 0 Å². The summed E-state index contributed by atoms with van der Waals surface area (Å²) in [7, 11) is 0. The molecule has 5 heteroatoms. The molecule has 0 bridgehead atoms. The Labute approximate surface area is 87.1 Å². The number of hydrogen-bond acceptors (Lipinski definition) is 1. The van der Waals surface area contributed by atoms with Crippen LogP contribution in [0.25, 0.3) is 0 Å². The summed E-state index contributed by atoms with van der Waals surface area (Å²) in [5.41, 5.74) is -0.745. The van der Waals surface area contributed by atoms with Crippen molar-refractivity contribution in [3.8, 4) is 0 Å². The summed E-state index contributed by atoms with van der Waals surface area (Å²) in [5, 5.41) is 0. The molecule has 1 nitrogen and oxygen atoms in total. The second-order valence-electron chi connectivity index (χ2n) is 2.68. The first kappa shape index (κ1) is 11.2. The molecule has 76 valence electrons. The standard InChI is InChI=1S/C9H6BrF3O/c1-4(14)7-5(9(12)13)2-3-6(11)8(7)10/h2-3,9H,1H3. The van der Waals surface area contributed by atoms with E-state index in [0.29, 0.717) is 0 Å². The van der Waals surface area contributed by atoms with Crippen LogP contribution in [0, 0.1) is 5.82 Å². The number of alkyl halides is 2. The molecule has 0 atom stereocenters. The highest BCUT2D eigenvalue weighted by Gasteiger charge is 2.20. The maximum atomic E-state index is 12.9. The highest BCUT2D eigenvalue weighted by Crippen LogP contribution is 2.30. The van der Waals surface area contributed by atoms with Crippen molar-refractivity contribution in [2.24, 2.45) is 0 Å². The van der Waals surface area contributed by atoms with Gasteiger partial charge in [0.15, 0.2) is 5.78 Å². The number of carbonyl (C=O) groups is 1. The van der Waals surface area contributed by atoms with E-state index in [2.05, 4.69) is 15.9 Å². The number of rotatable bonds is 2. The fourth-order valence-electron chi connectivity index (χ4n) is 1.11. The highest BCUT2D eigenvalue weighted by atomic mass is 79.9. The molecule has 1 aromatic rings. The lowest BCUT2D eigenvalue weighted by Crippen LogP contribution is -2.03. The van der Waals surface area contributed by atoms with Gasteiger partial charge in [-0.05, 0) is 35.0 Å². The molecule has 14 heavy (non-hydrogen) atoms. The van der Waals surface area contributed by atoms with Crippen molar-refractivity contribution in [3.05, 3.63) is 33.5 Å². The number of benzene rings is 1. The molecule has 0 N–H and O–H groups in total. The summed E-state index contributed by atoms with van der Waals surface area (Å²) in [4.78, 5) is 11.0. The molecular weight excluding hydrogens is 261 g/mol. The van der Waals surface area contributed by atoms with Crippen LogP contribution in [0.4, 0.5) is 13.2 Å². The smallest absolute Gasteiger partial charge is 0.264 e. The molecule has 0 aliphatic rings. The lowest BCUT2D eigenvalue weighted by atomic mass is 10.0. The van der Waals surface area contributed by atoms with Crippen molar-refractivity contribution >= 4 is 21.7 Å². The maximum absolute atomic E-state index is 12.9. The minimum absolute atomic E-state index is 0.206. The second-order valence-corrected chi connectivity index (χ2v) is 3.48. The predicted octanol–water partition coefficient (Wildman–Crippen LogP) is 3.73. The van der Waals surface area contributed by atoms with Gasteiger partial charge in [-0.3, -0.25) is 4.79 Å². The van der Waals surface area contributed by atoms with Crippen molar-refractivity contribution in [2.45, 2.75) is 13.3 Å². The van der Waals surface area contributed by atoms with E-state index in [1.165, 1.54) is 0 Å². The van der Waals surface area contributed by atoms with Crippen molar-refractivity contribution < 1.29 is 18.0 Å². The Balaban J connectivity index is 3.45. The number of ketones is 1. The molecule has 0 saturated heterocycles. The van der Waals surface area contributed by atoms with E-state index in [0.717, 1.165) is 19.1 Å². The van der Waals surface area contributed by atoms with Gasteiger partial charge in [-0.25, -0.2) is 13.2 Å². The molecule has 0 radical (unpaired) electrons. The first-order valence-electron chi connectivity index (χ1n) is 3.72. The minimum atomic E-state index is -2.79. The third-order valence-electron chi connectivity index (χ3n) is 1.71. The maximum Gasteiger partial charge on any atom is 0.264 e. The van der Waals surface area contributed by atoms with E-state index in [9.17, 15) is 18.0 Å². The van der Waals surface area contributed by atoms with Gasteiger partial charge in [-0.1, -0.05) is 0 Å². The Morgan fingerprint density at radius 1 is 1.43 bits per heavy atom. The summed E-state index contributed by atoms with van der Waals surface area (Å²) in [6, 6.07) is 1.82. The lowest BCUT2D eigenvalue weighted by molar-refractivity contribution is 0.0997. The normalized spacial score (nSPS) is 10.7. The average Bonchev–Trinajstić information content (AvgIpc) is 2.08. The van der Waals surface area contributed by atoms with Crippen LogP contribution in [0.15, 0.2) is 16.6 Å². The van der Waals surface area contributed by atoms with Crippen LogP contribution in [0.5, 0.6) is 0 Å². The summed E-state index contributed by atoms with van der Waals surface area (Å²) in [6.07, 6.45) is -2.79. The van der Waals surface area contributed by atoms with Gasteiger partial charge in [0.1, 0.15) is 5.82 Å². The second kappa shape index (κ2) is 4.13. The Morgan fingerprint density at radius 2 is 2.00 bits per heavy atom. The predicted molar refractivity (Wildman–Crippen MR) is 49.1 cm³/mol. The third kappa shape index (κ3) is 1.97. The summed E-state index contributed by atoms with van der Waals surface area (Å²) in [5.74, 6) is -1.31. The first-order valence-corrected chi connectivity index (χ1v) is 4.51. The zero-order chi connectivity index (χ0) is 10.9. The van der Waals surface area contributed by atoms with Gasteiger partial charge in [0.2, 0.25) is 0 Å². The van der Waals surface area contributed by atoms with Gasteiger partial charge >= 0.3 is 0 Å². The molecule has 1 rings (SSSR count). The zero-order valence-electron chi connectivity index (χ0n) is 7.15. The minimum Gasteiger partial charge on any atom is -0.294 e. The molecule has 1 aromatic carbocycles. The van der Waals surface area contributed by atoms with Crippen LogP contribution in [0.3, 0.4) is 0 Å². The number of hydrogen-bond donors (Lipinski definition) is 0. The van der Waals surface area contributed by atoms with Gasteiger partial charge in [-0.15, -0.1) is 0 Å². The van der Waals surface area contributed by atoms with E-state index < -0.39 is 23.6 Å². The molecule has 0 aliphatic heterocycles. The molecule has 0 aliphatic carbocycles. The molecule has 0 unspecified atom stereocenters. The van der Waals surface area contributed by atoms with E-state index in [-0.39, 0.29) is 10.0 Å². The van der Waals surface area contributed by atoms with Gasteiger partial charge in [-0.2, -0.15) is 0 Å². The van der Waals surface area contributed by atoms with Crippen LogP contribution < -0.4 is 0 Å². The van der Waals surface area contributed by atoms with Gasteiger partial charge < -0.3 is 0 Å². The van der Waals surface area contributed by atoms with Crippen LogP contribution in [-0.4, -0.2) is 5.78 Å². The van der Waals surface area contributed by atoms with Crippen LogP contribution in [0.2, 0.25) is 0 Å². The Bertz CT molecular complexity index is 377. The monoisotopic (exact) mass is 266 g/mol. The zero-order valence-corrected chi connectivity index (χ0v) is 8.74. The third-order valence-corrected chi connectivity index (χ3v) is 2.49. The highest BCUT2D eigenvalue weighted by molar-refractivity contribution is 9.10. The number of halogens is 4. The molecule has 0 saturated carbocycles. The van der Waals surface area contributed by atoms with Crippen LogP contribution in [0.1, 0.15) is 29.3 Å². The lowest BCUT2D eigenvalue weighted by Gasteiger charge is -2.08. The Hall–Kier alpha value is -0.840. The molecular formula is C9H6BrF3O. The molecule has 0 spiro atoms. The van der Waals surface area contributed by atoms with Crippen LogP contribution in [-0.2, 0) is 0 Å².